The molecule has 0 aromatic carbocycles. The normalized spacial score (nSPS) is 11.8. The summed E-state index contributed by atoms with van der Waals surface area (Å²) in [5.41, 5.74) is 8.00. The monoisotopic (exact) mass is 235 g/mol. The van der Waals surface area contributed by atoms with Gasteiger partial charge in [-0.3, -0.25) is 0 Å². The van der Waals surface area contributed by atoms with Crippen molar-refractivity contribution in [3.05, 3.63) is 10.4 Å². The number of nitrogens with zero attached hydrogens (tertiary/aromatic N) is 4. The van der Waals surface area contributed by atoms with Gasteiger partial charge in [0, 0.05) is 31.1 Å². The summed E-state index contributed by atoms with van der Waals surface area (Å²) in [5.74, 6) is 0. The van der Waals surface area contributed by atoms with E-state index in [9.17, 15) is 8.42 Å². The van der Waals surface area contributed by atoms with Crippen LogP contribution in [0.1, 0.15) is 20.3 Å². The Morgan fingerprint density at radius 3 is 2.60 bits per heavy atom. The molecule has 0 aliphatic carbocycles. The summed E-state index contributed by atoms with van der Waals surface area (Å²) >= 11 is 0. The van der Waals surface area contributed by atoms with Crippen LogP contribution in [0.3, 0.4) is 0 Å². The third-order valence-electron chi connectivity index (χ3n) is 1.89. The summed E-state index contributed by atoms with van der Waals surface area (Å²) in [5, 5.41) is 3.30. The van der Waals surface area contributed by atoms with Gasteiger partial charge in [-0.2, -0.15) is 12.7 Å². The van der Waals surface area contributed by atoms with E-state index in [4.69, 9.17) is 5.53 Å². The van der Waals surface area contributed by atoms with Gasteiger partial charge in [0.2, 0.25) is 0 Å². The molecule has 0 saturated heterocycles. The molecule has 0 atom stereocenters. The molecule has 1 N–H and O–H groups in total. The Hall–Kier alpha value is -0.820. The second-order valence-electron chi connectivity index (χ2n) is 3.32. The first kappa shape index (κ1) is 14.2. The molecule has 0 amide bonds. The van der Waals surface area contributed by atoms with Crippen molar-refractivity contribution in [1.82, 2.24) is 9.03 Å². The quantitative estimate of drug-likeness (QED) is 0.306. The number of rotatable bonds is 7. The molecule has 0 fully saturated rings. The lowest BCUT2D eigenvalue weighted by Crippen LogP contribution is -2.42. The van der Waals surface area contributed by atoms with Crippen LogP contribution < -0.4 is 4.72 Å². The largest absolute Gasteiger partial charge is 0.279 e. The molecule has 0 aliphatic rings. The zero-order valence-corrected chi connectivity index (χ0v) is 10.0. The smallest absolute Gasteiger partial charge is 0.202 e. The first-order valence-electron chi connectivity index (χ1n) is 4.65. The molecule has 8 heteroatoms. The molecular formula is C7H17N5O2S. The Labute approximate surface area is 90.3 Å². The summed E-state index contributed by atoms with van der Waals surface area (Å²) in [6, 6.07) is -0.0837. The lowest BCUT2D eigenvalue weighted by atomic mass is 10.4. The highest BCUT2D eigenvalue weighted by Crippen LogP contribution is 2.00. The average molecular weight is 235 g/mol. The lowest BCUT2D eigenvalue weighted by molar-refractivity contribution is 0.402. The molecule has 0 aromatic rings. The van der Waals surface area contributed by atoms with Crippen molar-refractivity contribution in [2.75, 3.05) is 20.1 Å². The molecule has 0 bridgehead atoms. The van der Waals surface area contributed by atoms with Crippen molar-refractivity contribution in [2.24, 2.45) is 5.11 Å². The van der Waals surface area contributed by atoms with E-state index in [2.05, 4.69) is 14.7 Å². The van der Waals surface area contributed by atoms with E-state index >= 15 is 0 Å². The Kier molecular flexibility index (Phi) is 6.26. The van der Waals surface area contributed by atoms with Crippen molar-refractivity contribution < 1.29 is 8.42 Å². The van der Waals surface area contributed by atoms with Crippen LogP contribution in [0.2, 0.25) is 0 Å². The van der Waals surface area contributed by atoms with Gasteiger partial charge in [0.1, 0.15) is 0 Å². The number of nitrogens with one attached hydrogen (secondary N) is 1. The summed E-state index contributed by atoms with van der Waals surface area (Å²) in [6.07, 6.45) is 0.495. The van der Waals surface area contributed by atoms with Gasteiger partial charge in [-0.05, 0) is 25.8 Å². The van der Waals surface area contributed by atoms with Crippen LogP contribution in [0.25, 0.3) is 10.4 Å². The van der Waals surface area contributed by atoms with Crippen LogP contribution in [0.15, 0.2) is 5.11 Å². The number of hydrogen-bond acceptors (Lipinski definition) is 3. The van der Waals surface area contributed by atoms with Gasteiger partial charge in [0.25, 0.3) is 10.2 Å². The molecule has 0 unspecified atom stereocenters. The fourth-order valence-electron chi connectivity index (χ4n) is 0.775. The minimum Gasteiger partial charge on any atom is -0.202 e. The van der Waals surface area contributed by atoms with Gasteiger partial charge < -0.3 is 0 Å². The number of hydrogen-bond donors (Lipinski definition) is 1. The first-order valence-corrected chi connectivity index (χ1v) is 6.09. The summed E-state index contributed by atoms with van der Waals surface area (Å²) in [4.78, 5) is 2.57. The van der Waals surface area contributed by atoms with E-state index in [1.54, 1.807) is 13.8 Å². The molecule has 0 heterocycles. The zero-order valence-electron chi connectivity index (χ0n) is 9.21. The minimum atomic E-state index is -3.40. The highest BCUT2D eigenvalue weighted by molar-refractivity contribution is 7.87. The molecule has 0 radical (unpaired) electrons. The molecule has 7 nitrogen and oxygen atoms in total. The molecular weight excluding hydrogens is 218 g/mol. The fraction of sp³-hybridized carbons (Fsp3) is 1.00. The highest BCUT2D eigenvalue weighted by atomic mass is 32.2. The Balaban J connectivity index is 4.00. The predicted octanol–water partition coefficient (Wildman–Crippen LogP) is 0.861. The predicted molar refractivity (Wildman–Crippen MR) is 58.5 cm³/mol. The third-order valence-corrected chi connectivity index (χ3v) is 3.64. The lowest BCUT2D eigenvalue weighted by Gasteiger charge is -2.20. The van der Waals surface area contributed by atoms with Gasteiger partial charge >= 0.3 is 0 Å². The highest BCUT2D eigenvalue weighted by Gasteiger charge is 2.18. The van der Waals surface area contributed by atoms with Crippen LogP contribution in [-0.2, 0) is 10.2 Å². The van der Waals surface area contributed by atoms with E-state index in [0.717, 1.165) is 0 Å². The second kappa shape index (κ2) is 6.62. The standard InChI is InChI=1S/C7H17N5O2S/c1-7(2)12(3)15(13,14)10-6-4-5-9-11-8/h7,10H,4-6H2,1-3H3. The van der Waals surface area contributed by atoms with Crippen LogP contribution in [-0.4, -0.2) is 38.9 Å². The topological polar surface area (TPSA) is 98.2 Å². The van der Waals surface area contributed by atoms with Crippen LogP contribution in [0.4, 0.5) is 0 Å². The van der Waals surface area contributed by atoms with Gasteiger partial charge in [-0.1, -0.05) is 5.11 Å². The molecule has 0 aromatic heterocycles. The summed E-state index contributed by atoms with van der Waals surface area (Å²) < 4.78 is 26.7. The average Bonchev–Trinajstić information content (AvgIpc) is 2.16. The third kappa shape index (κ3) is 5.58. The molecule has 0 saturated carbocycles. The van der Waals surface area contributed by atoms with E-state index in [-0.39, 0.29) is 12.6 Å². The number of azide groups is 1. The van der Waals surface area contributed by atoms with Crippen molar-refractivity contribution in [3.63, 3.8) is 0 Å². The Morgan fingerprint density at radius 1 is 1.53 bits per heavy atom. The van der Waals surface area contributed by atoms with Gasteiger partial charge in [-0.25, -0.2) is 4.72 Å². The van der Waals surface area contributed by atoms with Crippen LogP contribution >= 0.6 is 0 Å². The Morgan fingerprint density at radius 2 is 2.13 bits per heavy atom. The van der Waals surface area contributed by atoms with Crippen LogP contribution in [0, 0.1) is 0 Å². The van der Waals surface area contributed by atoms with Gasteiger partial charge in [0.15, 0.2) is 0 Å². The van der Waals surface area contributed by atoms with E-state index in [1.165, 1.54) is 11.4 Å². The maximum Gasteiger partial charge on any atom is 0.279 e. The van der Waals surface area contributed by atoms with Gasteiger partial charge in [0.05, 0.1) is 0 Å². The van der Waals surface area contributed by atoms with Crippen LogP contribution in [0.5, 0.6) is 0 Å². The van der Waals surface area contributed by atoms with E-state index < -0.39 is 10.2 Å². The Bertz CT molecular complexity index is 320. The summed E-state index contributed by atoms with van der Waals surface area (Å²) in [7, 11) is -1.88. The second-order valence-corrected chi connectivity index (χ2v) is 5.13. The SMILES string of the molecule is CC(C)N(C)S(=O)(=O)NCCCN=[N+]=[N-]. The molecule has 0 rings (SSSR count). The fourth-order valence-corrected chi connectivity index (χ4v) is 1.94. The van der Waals surface area contributed by atoms with E-state index in [0.29, 0.717) is 13.0 Å². The molecule has 0 aliphatic heterocycles. The molecule has 88 valence electrons. The first-order chi connectivity index (χ1) is 6.91. The van der Waals surface area contributed by atoms with Crippen molar-refractivity contribution in [2.45, 2.75) is 26.3 Å². The minimum absolute atomic E-state index is 0.0837. The van der Waals surface area contributed by atoms with Crippen molar-refractivity contribution in [3.8, 4) is 0 Å². The van der Waals surface area contributed by atoms with E-state index in [1.807, 2.05) is 0 Å². The van der Waals surface area contributed by atoms with Gasteiger partial charge in [-0.15, -0.1) is 0 Å². The molecule has 15 heavy (non-hydrogen) atoms. The molecule has 0 spiro atoms. The van der Waals surface area contributed by atoms with Crippen molar-refractivity contribution in [1.29, 1.82) is 0 Å². The maximum atomic E-state index is 11.5. The zero-order chi connectivity index (χ0) is 11.9. The van der Waals surface area contributed by atoms with Crippen molar-refractivity contribution >= 4 is 10.2 Å². The maximum absolute atomic E-state index is 11.5. The summed E-state index contributed by atoms with van der Waals surface area (Å²) in [6.45, 7) is 4.15.